The summed E-state index contributed by atoms with van der Waals surface area (Å²) in [6, 6.07) is 14.2. The lowest BCUT2D eigenvalue weighted by molar-refractivity contribution is -0.114. The maximum Gasteiger partial charge on any atom is 0.245 e. The van der Waals surface area contributed by atoms with Crippen molar-refractivity contribution in [2.24, 2.45) is 0 Å². The molecule has 0 aliphatic carbocycles. The number of benzene rings is 2. The minimum Gasteiger partial charge on any atom is -0.494 e. The van der Waals surface area contributed by atoms with Gasteiger partial charge in [0.15, 0.2) is 0 Å². The Morgan fingerprint density at radius 1 is 1.12 bits per heavy atom. The van der Waals surface area contributed by atoms with E-state index in [0.29, 0.717) is 30.2 Å². The molecule has 1 amide bonds. The minimum atomic E-state index is -3.61. The summed E-state index contributed by atoms with van der Waals surface area (Å²) >= 11 is 0. The Balaban J connectivity index is 2.21. The number of ether oxygens (including phenoxy) is 1. The number of rotatable bonds is 8. The quantitative estimate of drug-likeness (QED) is 0.768. The van der Waals surface area contributed by atoms with Crippen molar-refractivity contribution in [1.82, 2.24) is 0 Å². The molecule has 0 aromatic heterocycles. The second-order valence-electron chi connectivity index (χ2n) is 5.76. The summed E-state index contributed by atoms with van der Waals surface area (Å²) in [5, 5.41) is 2.73. The number of hydrogen-bond acceptors (Lipinski definition) is 4. The van der Waals surface area contributed by atoms with E-state index in [4.69, 9.17) is 4.74 Å². The minimum absolute atomic E-state index is 0.297. The molecular weight excluding hydrogens is 352 g/mol. The molecule has 0 bridgehead atoms. The molecule has 0 aliphatic rings. The first-order chi connectivity index (χ1) is 12.3. The zero-order valence-corrected chi connectivity index (χ0v) is 16.0. The first-order valence-corrected chi connectivity index (χ1v) is 10.3. The molecule has 2 aromatic rings. The predicted octanol–water partition coefficient (Wildman–Crippen LogP) is 3.05. The van der Waals surface area contributed by atoms with Crippen molar-refractivity contribution >= 4 is 27.3 Å². The average molecular weight is 376 g/mol. The van der Waals surface area contributed by atoms with E-state index in [9.17, 15) is 13.2 Å². The highest BCUT2D eigenvalue weighted by atomic mass is 32.2. The van der Waals surface area contributed by atoms with Crippen molar-refractivity contribution in [3.05, 3.63) is 54.1 Å². The van der Waals surface area contributed by atoms with Gasteiger partial charge in [-0.25, -0.2) is 8.42 Å². The van der Waals surface area contributed by atoms with Gasteiger partial charge in [-0.15, -0.1) is 0 Å². The molecule has 26 heavy (non-hydrogen) atoms. The van der Waals surface area contributed by atoms with Crippen molar-refractivity contribution in [3.63, 3.8) is 0 Å². The highest BCUT2D eigenvalue weighted by Crippen LogP contribution is 2.24. The number of amides is 1. The molecule has 0 radical (unpaired) electrons. The largest absolute Gasteiger partial charge is 0.494 e. The van der Waals surface area contributed by atoms with Crippen LogP contribution < -0.4 is 14.4 Å². The van der Waals surface area contributed by atoms with E-state index < -0.39 is 15.9 Å². The van der Waals surface area contributed by atoms with Gasteiger partial charge in [-0.3, -0.25) is 9.10 Å². The Morgan fingerprint density at radius 3 is 2.50 bits per heavy atom. The number of carbonyl (C=O) groups excluding carboxylic acids is 1. The maximum atomic E-state index is 12.5. The van der Waals surface area contributed by atoms with E-state index in [0.717, 1.165) is 16.1 Å². The average Bonchev–Trinajstić information content (AvgIpc) is 2.59. The summed E-state index contributed by atoms with van der Waals surface area (Å²) < 4.78 is 31.0. The van der Waals surface area contributed by atoms with E-state index in [1.807, 2.05) is 26.0 Å². The number of carbonyl (C=O) groups is 1. The molecule has 6 nitrogen and oxygen atoms in total. The van der Waals surface area contributed by atoms with Crippen LogP contribution in [0.2, 0.25) is 0 Å². The van der Waals surface area contributed by atoms with Crippen LogP contribution in [0.4, 0.5) is 11.4 Å². The van der Waals surface area contributed by atoms with Crippen molar-refractivity contribution in [2.75, 3.05) is 29.0 Å². The van der Waals surface area contributed by atoms with Gasteiger partial charge in [0.1, 0.15) is 12.3 Å². The summed E-state index contributed by atoms with van der Waals surface area (Å²) in [6.45, 7) is 4.04. The topological polar surface area (TPSA) is 75.7 Å². The number of nitrogens with zero attached hydrogens (tertiary/aromatic N) is 1. The standard InChI is InChI=1S/C19H24N2O4S/c1-4-15-9-6-7-12-18(15)21(26(3,23)24)14-19(22)20-16-10-8-11-17(13-16)25-5-2/h6-13H,4-5,14H2,1-3H3,(H,20,22). The molecule has 0 saturated carbocycles. The fourth-order valence-corrected chi connectivity index (χ4v) is 3.48. The van der Waals surface area contributed by atoms with Crippen LogP contribution in [0.3, 0.4) is 0 Å². The Kier molecular flexibility index (Phi) is 6.63. The van der Waals surface area contributed by atoms with E-state index in [-0.39, 0.29) is 6.54 Å². The van der Waals surface area contributed by atoms with Gasteiger partial charge in [0.25, 0.3) is 0 Å². The molecular formula is C19H24N2O4S. The molecule has 0 atom stereocenters. The van der Waals surface area contributed by atoms with E-state index >= 15 is 0 Å². The lowest BCUT2D eigenvalue weighted by atomic mass is 10.1. The summed E-state index contributed by atoms with van der Waals surface area (Å²) in [6.07, 6.45) is 1.77. The van der Waals surface area contributed by atoms with Gasteiger partial charge in [0.2, 0.25) is 15.9 Å². The van der Waals surface area contributed by atoms with Crippen LogP contribution in [-0.4, -0.2) is 33.7 Å². The molecule has 0 fully saturated rings. The van der Waals surface area contributed by atoms with Crippen LogP contribution in [0.15, 0.2) is 48.5 Å². The molecule has 0 aliphatic heterocycles. The maximum absolute atomic E-state index is 12.5. The summed E-state index contributed by atoms with van der Waals surface area (Å²) in [5.74, 6) is 0.219. The Labute approximate surface area is 154 Å². The van der Waals surface area contributed by atoms with Gasteiger partial charge in [-0.1, -0.05) is 31.2 Å². The van der Waals surface area contributed by atoms with Crippen LogP contribution in [0, 0.1) is 0 Å². The number of hydrogen-bond donors (Lipinski definition) is 1. The van der Waals surface area contributed by atoms with Gasteiger partial charge >= 0.3 is 0 Å². The molecule has 0 heterocycles. The van der Waals surface area contributed by atoms with Crippen LogP contribution >= 0.6 is 0 Å². The summed E-state index contributed by atoms with van der Waals surface area (Å²) in [4.78, 5) is 12.5. The van der Waals surface area contributed by atoms with Gasteiger partial charge in [-0.2, -0.15) is 0 Å². The third-order valence-electron chi connectivity index (χ3n) is 3.76. The summed E-state index contributed by atoms with van der Waals surface area (Å²) in [7, 11) is -3.61. The molecule has 2 rings (SSSR count). The third-order valence-corrected chi connectivity index (χ3v) is 4.88. The van der Waals surface area contributed by atoms with Crippen LogP contribution in [-0.2, 0) is 21.2 Å². The SMILES string of the molecule is CCOc1cccc(NC(=O)CN(c2ccccc2CC)S(C)(=O)=O)c1. The van der Waals surface area contributed by atoms with Gasteiger partial charge in [0, 0.05) is 11.8 Å². The number of aryl methyl sites for hydroxylation is 1. The van der Waals surface area contributed by atoms with Crippen LogP contribution in [0.5, 0.6) is 5.75 Å². The van der Waals surface area contributed by atoms with Crippen molar-refractivity contribution in [2.45, 2.75) is 20.3 Å². The predicted molar refractivity (Wildman–Crippen MR) is 104 cm³/mol. The molecule has 2 aromatic carbocycles. The second kappa shape index (κ2) is 8.71. The number of nitrogens with one attached hydrogen (secondary N) is 1. The van der Waals surface area contributed by atoms with Crippen molar-refractivity contribution in [1.29, 1.82) is 0 Å². The molecule has 1 N–H and O–H groups in total. The molecule has 0 spiro atoms. The highest BCUT2D eigenvalue weighted by Gasteiger charge is 2.22. The highest BCUT2D eigenvalue weighted by molar-refractivity contribution is 7.92. The van der Waals surface area contributed by atoms with Gasteiger partial charge in [0.05, 0.1) is 18.6 Å². The third kappa shape index (κ3) is 5.23. The zero-order chi connectivity index (χ0) is 19.2. The zero-order valence-electron chi connectivity index (χ0n) is 15.2. The van der Waals surface area contributed by atoms with Crippen LogP contribution in [0.25, 0.3) is 0 Å². The first kappa shape index (κ1) is 19.8. The Hall–Kier alpha value is -2.54. The monoisotopic (exact) mass is 376 g/mol. The number of para-hydroxylation sites is 1. The number of anilines is 2. The van der Waals surface area contributed by atoms with Gasteiger partial charge < -0.3 is 10.1 Å². The van der Waals surface area contributed by atoms with E-state index in [1.54, 1.807) is 36.4 Å². The normalized spacial score (nSPS) is 11.0. The Morgan fingerprint density at radius 2 is 1.85 bits per heavy atom. The van der Waals surface area contributed by atoms with Gasteiger partial charge in [-0.05, 0) is 37.1 Å². The molecule has 0 saturated heterocycles. The van der Waals surface area contributed by atoms with E-state index in [1.165, 1.54) is 0 Å². The molecule has 140 valence electrons. The summed E-state index contributed by atoms with van der Waals surface area (Å²) in [5.41, 5.74) is 1.94. The Bertz CT molecular complexity index is 865. The van der Waals surface area contributed by atoms with E-state index in [2.05, 4.69) is 5.32 Å². The first-order valence-electron chi connectivity index (χ1n) is 8.43. The van der Waals surface area contributed by atoms with Crippen LogP contribution in [0.1, 0.15) is 19.4 Å². The lowest BCUT2D eigenvalue weighted by Crippen LogP contribution is -2.38. The number of sulfonamides is 1. The smallest absolute Gasteiger partial charge is 0.245 e. The van der Waals surface area contributed by atoms with Crippen molar-refractivity contribution in [3.8, 4) is 5.75 Å². The molecule has 0 unspecified atom stereocenters. The lowest BCUT2D eigenvalue weighted by Gasteiger charge is -2.24. The fourth-order valence-electron chi connectivity index (χ4n) is 2.60. The fraction of sp³-hybridized carbons (Fsp3) is 0.316. The molecule has 7 heteroatoms. The second-order valence-corrected chi connectivity index (χ2v) is 7.67. The van der Waals surface area contributed by atoms with Crippen molar-refractivity contribution < 1.29 is 17.9 Å².